The van der Waals surface area contributed by atoms with Gasteiger partial charge in [-0.15, -0.1) is 0 Å². The number of halogens is 1. The van der Waals surface area contributed by atoms with Crippen LogP contribution in [0.15, 0.2) is 33.8 Å². The van der Waals surface area contributed by atoms with E-state index in [1.54, 1.807) is 25.1 Å². The Morgan fingerprint density at radius 2 is 2.04 bits per heavy atom. The molecular formula is C16H14BrN5O3. The number of methoxy groups -OCH3 is 1. The van der Waals surface area contributed by atoms with E-state index in [4.69, 9.17) is 16.2 Å². The van der Waals surface area contributed by atoms with Gasteiger partial charge in [0.2, 0.25) is 0 Å². The second kappa shape index (κ2) is 6.17. The summed E-state index contributed by atoms with van der Waals surface area (Å²) in [6, 6.07) is 4.96. The predicted molar refractivity (Wildman–Crippen MR) is 97.7 cm³/mol. The summed E-state index contributed by atoms with van der Waals surface area (Å²) < 4.78 is 6.51. The maximum Gasteiger partial charge on any atom is 0.345 e. The Hall–Kier alpha value is -2.94. The molecule has 3 rings (SSSR count). The molecule has 3 aromatic rings. The van der Waals surface area contributed by atoms with Gasteiger partial charge in [0, 0.05) is 5.39 Å². The Bertz CT molecular complexity index is 1080. The van der Waals surface area contributed by atoms with Gasteiger partial charge in [-0.1, -0.05) is 0 Å². The Balaban J connectivity index is 2.54. The first-order valence-electron chi connectivity index (χ1n) is 7.16. The number of carbonyl (C=O) groups excluding carboxylic acids is 1. The molecule has 4 N–H and O–H groups in total. The van der Waals surface area contributed by atoms with Crippen LogP contribution in [0.25, 0.3) is 16.7 Å². The van der Waals surface area contributed by atoms with Crippen LogP contribution in [0, 0.1) is 6.92 Å². The lowest BCUT2D eigenvalue weighted by molar-refractivity contribution is 0.0600. The number of hydrogen-bond donors (Lipinski definition) is 2. The number of rotatable bonds is 2. The second-order valence-corrected chi connectivity index (χ2v) is 6.13. The highest BCUT2D eigenvalue weighted by atomic mass is 79.9. The van der Waals surface area contributed by atoms with Crippen LogP contribution in [0.1, 0.15) is 15.9 Å². The van der Waals surface area contributed by atoms with Crippen molar-refractivity contribution < 1.29 is 9.53 Å². The maximum absolute atomic E-state index is 13.0. The highest BCUT2D eigenvalue weighted by Crippen LogP contribution is 2.26. The first kappa shape index (κ1) is 16.9. The minimum absolute atomic E-state index is 0.0177. The summed E-state index contributed by atoms with van der Waals surface area (Å²) in [7, 11) is 1.19. The van der Waals surface area contributed by atoms with Crippen molar-refractivity contribution in [3.63, 3.8) is 0 Å². The monoisotopic (exact) mass is 403 g/mol. The van der Waals surface area contributed by atoms with Crippen molar-refractivity contribution in [3.8, 4) is 5.69 Å². The van der Waals surface area contributed by atoms with Gasteiger partial charge in [0.1, 0.15) is 16.0 Å². The number of nitrogen functional groups attached to an aromatic ring is 2. The van der Waals surface area contributed by atoms with E-state index in [9.17, 15) is 9.59 Å². The van der Waals surface area contributed by atoms with Gasteiger partial charge in [0.05, 0.1) is 24.7 Å². The lowest BCUT2D eigenvalue weighted by Gasteiger charge is -2.16. The van der Waals surface area contributed by atoms with Crippen LogP contribution in [-0.2, 0) is 4.74 Å². The van der Waals surface area contributed by atoms with E-state index in [-0.39, 0.29) is 11.3 Å². The minimum Gasteiger partial charge on any atom is -0.465 e. The first-order chi connectivity index (χ1) is 11.8. The van der Waals surface area contributed by atoms with Crippen LogP contribution in [0.4, 0.5) is 11.5 Å². The van der Waals surface area contributed by atoms with Crippen molar-refractivity contribution in [3.05, 3.63) is 50.5 Å². The smallest absolute Gasteiger partial charge is 0.345 e. The van der Waals surface area contributed by atoms with Gasteiger partial charge in [0.25, 0.3) is 5.56 Å². The van der Waals surface area contributed by atoms with Gasteiger partial charge >= 0.3 is 5.97 Å². The van der Waals surface area contributed by atoms with Gasteiger partial charge in [-0.3, -0.25) is 9.36 Å². The molecule has 25 heavy (non-hydrogen) atoms. The zero-order chi connectivity index (χ0) is 18.3. The van der Waals surface area contributed by atoms with E-state index in [2.05, 4.69) is 25.9 Å². The number of carbonyl (C=O) groups is 1. The number of aromatic nitrogens is 3. The zero-order valence-electron chi connectivity index (χ0n) is 13.4. The van der Waals surface area contributed by atoms with Crippen LogP contribution in [0.5, 0.6) is 0 Å². The topological polar surface area (TPSA) is 126 Å². The molecule has 128 valence electrons. The third-order valence-corrected chi connectivity index (χ3v) is 4.21. The van der Waals surface area contributed by atoms with Crippen molar-refractivity contribution in [1.29, 1.82) is 0 Å². The van der Waals surface area contributed by atoms with Crippen molar-refractivity contribution >= 4 is 44.4 Å². The number of nitrogens with zero attached hydrogens (tertiary/aromatic N) is 3. The van der Waals surface area contributed by atoms with Gasteiger partial charge in [-0.05, 0) is 46.6 Å². The Labute approximate surface area is 150 Å². The summed E-state index contributed by atoms with van der Waals surface area (Å²) in [5.74, 6) is -0.501. The van der Waals surface area contributed by atoms with Crippen LogP contribution >= 0.6 is 15.9 Å². The Morgan fingerprint density at radius 3 is 2.68 bits per heavy atom. The quantitative estimate of drug-likeness (QED) is 0.493. The second-order valence-electron chi connectivity index (χ2n) is 5.32. The third-order valence-electron chi connectivity index (χ3n) is 3.76. The number of esters is 1. The van der Waals surface area contributed by atoms with E-state index in [1.165, 1.54) is 17.9 Å². The molecule has 0 fully saturated rings. The Kier molecular flexibility index (Phi) is 4.17. The minimum atomic E-state index is -0.817. The van der Waals surface area contributed by atoms with Gasteiger partial charge in [-0.2, -0.15) is 0 Å². The number of pyridine rings is 3. The average Bonchev–Trinajstić information content (AvgIpc) is 2.56. The molecule has 0 amide bonds. The standard InChI is InChI=1S/C16H14BrN5O3/c1-7-5-11(18)20-6-9(7)22-14-8(3-4-10(17)21-14)13(19)12(15(22)23)16(24)25-2/h3-6H,19H2,1-2H3,(H2,18,20). The highest BCUT2D eigenvalue weighted by Gasteiger charge is 2.23. The average molecular weight is 404 g/mol. The van der Waals surface area contributed by atoms with Crippen LogP contribution in [0.2, 0.25) is 0 Å². The van der Waals surface area contributed by atoms with E-state index in [0.29, 0.717) is 32.7 Å². The zero-order valence-corrected chi connectivity index (χ0v) is 15.0. The molecule has 0 unspecified atom stereocenters. The first-order valence-corrected chi connectivity index (χ1v) is 7.96. The molecule has 3 heterocycles. The molecule has 3 aromatic heterocycles. The van der Waals surface area contributed by atoms with E-state index in [1.807, 2.05) is 0 Å². The molecular weight excluding hydrogens is 390 g/mol. The molecule has 0 bridgehead atoms. The molecule has 0 aromatic carbocycles. The van der Waals surface area contributed by atoms with Gasteiger partial charge in [0.15, 0.2) is 5.65 Å². The summed E-state index contributed by atoms with van der Waals surface area (Å²) in [5.41, 5.74) is 12.3. The number of fused-ring (bicyclic) bond motifs is 1. The molecule has 0 aliphatic heterocycles. The third kappa shape index (κ3) is 2.72. The largest absolute Gasteiger partial charge is 0.465 e. The fraction of sp³-hybridized carbons (Fsp3) is 0.125. The molecule has 0 radical (unpaired) electrons. The Morgan fingerprint density at radius 1 is 1.32 bits per heavy atom. The molecule has 0 spiro atoms. The summed E-state index contributed by atoms with van der Waals surface area (Å²) >= 11 is 3.28. The van der Waals surface area contributed by atoms with Gasteiger partial charge in [-0.25, -0.2) is 14.8 Å². The van der Waals surface area contributed by atoms with Crippen LogP contribution in [0.3, 0.4) is 0 Å². The fourth-order valence-corrected chi connectivity index (χ4v) is 2.89. The molecule has 0 saturated heterocycles. The van der Waals surface area contributed by atoms with E-state index >= 15 is 0 Å². The molecule has 8 nitrogen and oxygen atoms in total. The van der Waals surface area contributed by atoms with Crippen LogP contribution in [-0.4, -0.2) is 27.6 Å². The van der Waals surface area contributed by atoms with Gasteiger partial charge < -0.3 is 16.2 Å². The van der Waals surface area contributed by atoms with Crippen LogP contribution < -0.4 is 17.0 Å². The highest BCUT2D eigenvalue weighted by molar-refractivity contribution is 9.10. The molecule has 0 aliphatic rings. The van der Waals surface area contributed by atoms with E-state index < -0.39 is 11.5 Å². The summed E-state index contributed by atoms with van der Waals surface area (Å²) in [6.07, 6.45) is 1.45. The number of anilines is 2. The lowest BCUT2D eigenvalue weighted by atomic mass is 10.1. The normalized spacial score (nSPS) is 10.8. The summed E-state index contributed by atoms with van der Waals surface area (Å²) in [6.45, 7) is 1.78. The molecule has 0 atom stereocenters. The molecule has 0 saturated carbocycles. The molecule has 9 heteroatoms. The predicted octanol–water partition coefficient (Wildman–Crippen LogP) is 1.80. The number of aryl methyl sites for hydroxylation is 1. The lowest BCUT2D eigenvalue weighted by Crippen LogP contribution is -2.29. The molecule has 0 aliphatic carbocycles. The summed E-state index contributed by atoms with van der Waals surface area (Å²) in [4.78, 5) is 33.5. The van der Waals surface area contributed by atoms with Crippen molar-refractivity contribution in [2.75, 3.05) is 18.6 Å². The van der Waals surface area contributed by atoms with E-state index in [0.717, 1.165) is 0 Å². The SMILES string of the molecule is COC(=O)c1c(N)c2ccc(Br)nc2n(-c2cnc(N)cc2C)c1=O. The van der Waals surface area contributed by atoms with Crippen molar-refractivity contribution in [1.82, 2.24) is 14.5 Å². The number of hydrogen-bond acceptors (Lipinski definition) is 7. The maximum atomic E-state index is 13.0. The number of nitrogens with two attached hydrogens (primary N) is 2. The fourth-order valence-electron chi connectivity index (χ4n) is 2.59. The van der Waals surface area contributed by atoms with Crippen molar-refractivity contribution in [2.24, 2.45) is 0 Å². The summed E-state index contributed by atoms with van der Waals surface area (Å²) in [5, 5.41) is 0.444. The number of ether oxygens (including phenoxy) is 1. The van der Waals surface area contributed by atoms with Crippen molar-refractivity contribution in [2.45, 2.75) is 6.92 Å².